The van der Waals surface area contributed by atoms with Crippen molar-refractivity contribution in [1.82, 2.24) is 9.88 Å². The zero-order valence-corrected chi connectivity index (χ0v) is 12.9. The lowest BCUT2D eigenvalue weighted by Crippen LogP contribution is -2.50. The Balaban J connectivity index is 1.97. The molecule has 1 unspecified atom stereocenters. The Kier molecular flexibility index (Phi) is 3.96. The fourth-order valence-electron chi connectivity index (χ4n) is 3.38. The third-order valence-corrected chi connectivity index (χ3v) is 4.83. The fourth-order valence-corrected chi connectivity index (χ4v) is 3.38. The summed E-state index contributed by atoms with van der Waals surface area (Å²) in [5, 5.41) is 13.2. The first kappa shape index (κ1) is 14.5. The van der Waals surface area contributed by atoms with Gasteiger partial charge in [0, 0.05) is 28.9 Å². The molecule has 1 saturated heterocycles. The van der Waals surface area contributed by atoms with E-state index in [0.717, 1.165) is 29.4 Å². The lowest BCUT2D eigenvalue weighted by Gasteiger charge is -2.44. The molecule has 0 bridgehead atoms. The maximum absolute atomic E-state index is 11.0. The van der Waals surface area contributed by atoms with E-state index >= 15 is 0 Å². The number of aliphatic hydroxyl groups is 1. The van der Waals surface area contributed by atoms with Gasteiger partial charge in [-0.2, -0.15) is 0 Å². The third kappa shape index (κ3) is 2.68. The van der Waals surface area contributed by atoms with Crippen LogP contribution in [0.15, 0.2) is 36.7 Å². The lowest BCUT2D eigenvalue weighted by molar-refractivity contribution is -0.0203. The maximum Gasteiger partial charge on any atom is 0.0989 e. The molecule has 2 heterocycles. The molecule has 2 aromatic rings. The molecule has 0 amide bonds. The van der Waals surface area contributed by atoms with Crippen LogP contribution in [-0.2, 0) is 0 Å². The minimum Gasteiger partial charge on any atom is -0.386 e. The first-order valence-corrected chi connectivity index (χ1v) is 7.86. The van der Waals surface area contributed by atoms with E-state index in [1.54, 1.807) is 0 Å². The molecular formula is C18H24N2O. The minimum absolute atomic E-state index is 0.272. The zero-order chi connectivity index (χ0) is 14.9. The lowest BCUT2D eigenvalue weighted by atomic mass is 9.86. The summed E-state index contributed by atoms with van der Waals surface area (Å²) in [4.78, 5) is 6.73. The molecule has 112 valence electrons. The standard InChI is InChI=1S/C18H24N2O/c1-18(2,20-10-6-3-7-11-20)17(21)16-13-19-12-14-8-4-5-9-15(14)16/h4-5,8-9,12-13,17,21H,3,6-7,10-11H2,1-2H3. The number of benzene rings is 1. The van der Waals surface area contributed by atoms with Crippen LogP contribution in [0.4, 0.5) is 0 Å². The van der Waals surface area contributed by atoms with Crippen molar-refractivity contribution < 1.29 is 5.11 Å². The van der Waals surface area contributed by atoms with Crippen LogP contribution < -0.4 is 0 Å². The molecule has 1 atom stereocenters. The van der Waals surface area contributed by atoms with Crippen LogP contribution >= 0.6 is 0 Å². The normalized spacial score (nSPS) is 18.8. The number of aromatic nitrogens is 1. The Morgan fingerprint density at radius 2 is 1.81 bits per heavy atom. The van der Waals surface area contributed by atoms with Crippen LogP contribution in [0.5, 0.6) is 0 Å². The van der Waals surface area contributed by atoms with Gasteiger partial charge < -0.3 is 5.11 Å². The van der Waals surface area contributed by atoms with E-state index in [1.807, 2.05) is 30.6 Å². The van der Waals surface area contributed by atoms with Gasteiger partial charge in [0.2, 0.25) is 0 Å². The molecule has 1 aliphatic rings. The number of hydrogen-bond acceptors (Lipinski definition) is 3. The van der Waals surface area contributed by atoms with Crippen molar-refractivity contribution in [3.63, 3.8) is 0 Å². The van der Waals surface area contributed by atoms with Crippen LogP contribution in [0.2, 0.25) is 0 Å². The second-order valence-corrected chi connectivity index (χ2v) is 6.55. The molecule has 1 aromatic heterocycles. The van der Waals surface area contributed by atoms with E-state index in [9.17, 15) is 5.11 Å². The molecule has 1 aromatic carbocycles. The number of hydrogen-bond donors (Lipinski definition) is 1. The highest BCUT2D eigenvalue weighted by Gasteiger charge is 2.36. The van der Waals surface area contributed by atoms with E-state index in [4.69, 9.17) is 0 Å². The van der Waals surface area contributed by atoms with Gasteiger partial charge in [0.1, 0.15) is 0 Å². The van der Waals surface area contributed by atoms with Crippen LogP contribution in [0.25, 0.3) is 10.8 Å². The molecule has 1 N–H and O–H groups in total. The summed E-state index contributed by atoms with van der Waals surface area (Å²) in [7, 11) is 0. The summed E-state index contributed by atoms with van der Waals surface area (Å²) in [5.41, 5.74) is 0.662. The molecule has 0 saturated carbocycles. The topological polar surface area (TPSA) is 36.4 Å². The van der Waals surface area contributed by atoms with Gasteiger partial charge in [0.05, 0.1) is 6.10 Å². The number of fused-ring (bicyclic) bond motifs is 1. The van der Waals surface area contributed by atoms with Gasteiger partial charge in [0.15, 0.2) is 0 Å². The molecule has 0 radical (unpaired) electrons. The number of likely N-dealkylation sites (tertiary alicyclic amines) is 1. The smallest absolute Gasteiger partial charge is 0.0989 e. The van der Waals surface area contributed by atoms with E-state index < -0.39 is 6.10 Å². The molecule has 21 heavy (non-hydrogen) atoms. The van der Waals surface area contributed by atoms with E-state index in [2.05, 4.69) is 29.8 Å². The van der Waals surface area contributed by atoms with Crippen molar-refractivity contribution >= 4 is 10.8 Å². The average molecular weight is 284 g/mol. The summed E-state index contributed by atoms with van der Waals surface area (Å²) >= 11 is 0. The van der Waals surface area contributed by atoms with Crippen molar-refractivity contribution in [1.29, 1.82) is 0 Å². The second kappa shape index (κ2) is 5.74. The van der Waals surface area contributed by atoms with Gasteiger partial charge in [0.25, 0.3) is 0 Å². The highest BCUT2D eigenvalue weighted by Crippen LogP contribution is 2.35. The highest BCUT2D eigenvalue weighted by molar-refractivity contribution is 5.85. The van der Waals surface area contributed by atoms with Crippen molar-refractivity contribution in [2.75, 3.05) is 13.1 Å². The van der Waals surface area contributed by atoms with Gasteiger partial charge in [-0.05, 0) is 45.2 Å². The molecule has 3 rings (SSSR count). The zero-order valence-electron chi connectivity index (χ0n) is 12.9. The number of nitrogens with zero attached hydrogens (tertiary/aromatic N) is 2. The predicted molar refractivity (Wildman–Crippen MR) is 86.2 cm³/mol. The predicted octanol–water partition coefficient (Wildman–Crippen LogP) is 3.53. The van der Waals surface area contributed by atoms with E-state index in [0.29, 0.717) is 0 Å². The fraction of sp³-hybridized carbons (Fsp3) is 0.500. The Hall–Kier alpha value is -1.45. The SMILES string of the molecule is CC(C)(C(O)c1cncc2ccccc12)N1CCCCC1. The van der Waals surface area contributed by atoms with Gasteiger partial charge >= 0.3 is 0 Å². The van der Waals surface area contributed by atoms with E-state index in [1.165, 1.54) is 19.3 Å². The summed E-state index contributed by atoms with van der Waals surface area (Å²) in [6.07, 6.45) is 6.90. The largest absolute Gasteiger partial charge is 0.386 e. The number of aliphatic hydroxyl groups excluding tert-OH is 1. The second-order valence-electron chi connectivity index (χ2n) is 6.55. The van der Waals surface area contributed by atoms with Crippen molar-refractivity contribution in [2.45, 2.75) is 44.8 Å². The Morgan fingerprint density at radius 3 is 2.57 bits per heavy atom. The number of piperidine rings is 1. The van der Waals surface area contributed by atoms with Crippen molar-refractivity contribution in [3.05, 3.63) is 42.2 Å². The first-order chi connectivity index (χ1) is 10.1. The van der Waals surface area contributed by atoms with Crippen LogP contribution in [0.1, 0.15) is 44.8 Å². The minimum atomic E-state index is -0.533. The quantitative estimate of drug-likeness (QED) is 0.936. The maximum atomic E-state index is 11.0. The Bertz CT molecular complexity index is 612. The van der Waals surface area contributed by atoms with Crippen molar-refractivity contribution in [3.8, 4) is 0 Å². The summed E-state index contributed by atoms with van der Waals surface area (Å²) in [5.74, 6) is 0. The average Bonchev–Trinajstić information content (AvgIpc) is 2.54. The van der Waals surface area contributed by atoms with Crippen molar-refractivity contribution in [2.24, 2.45) is 0 Å². The Morgan fingerprint density at radius 1 is 1.10 bits per heavy atom. The van der Waals surface area contributed by atoms with Crippen LogP contribution in [0.3, 0.4) is 0 Å². The van der Waals surface area contributed by atoms with Crippen LogP contribution in [0, 0.1) is 0 Å². The van der Waals surface area contributed by atoms with E-state index in [-0.39, 0.29) is 5.54 Å². The monoisotopic (exact) mass is 284 g/mol. The molecule has 1 aliphatic heterocycles. The molecule has 1 fully saturated rings. The van der Waals surface area contributed by atoms with Gasteiger partial charge in [-0.25, -0.2) is 0 Å². The third-order valence-electron chi connectivity index (χ3n) is 4.83. The summed E-state index contributed by atoms with van der Waals surface area (Å²) < 4.78 is 0. The number of rotatable bonds is 3. The molecular weight excluding hydrogens is 260 g/mol. The summed E-state index contributed by atoms with van der Waals surface area (Å²) in [6, 6.07) is 8.15. The molecule has 0 spiro atoms. The van der Waals surface area contributed by atoms with Gasteiger partial charge in [-0.1, -0.05) is 30.7 Å². The first-order valence-electron chi connectivity index (χ1n) is 7.86. The molecule has 3 heteroatoms. The number of pyridine rings is 1. The van der Waals surface area contributed by atoms with Crippen LogP contribution in [-0.4, -0.2) is 33.6 Å². The molecule has 0 aliphatic carbocycles. The molecule has 3 nitrogen and oxygen atoms in total. The van der Waals surface area contributed by atoms with Gasteiger partial charge in [-0.15, -0.1) is 0 Å². The highest BCUT2D eigenvalue weighted by atomic mass is 16.3. The summed E-state index contributed by atoms with van der Waals surface area (Å²) in [6.45, 7) is 6.43. The van der Waals surface area contributed by atoms with Gasteiger partial charge in [-0.3, -0.25) is 9.88 Å². The Labute approximate surface area is 126 Å².